The van der Waals surface area contributed by atoms with Crippen molar-refractivity contribution in [1.82, 2.24) is 15.1 Å². The molecule has 0 saturated heterocycles. The molecule has 16 heavy (non-hydrogen) atoms. The molecule has 1 aromatic heterocycles. The molecule has 0 aromatic carbocycles. The van der Waals surface area contributed by atoms with Crippen molar-refractivity contribution in [2.75, 3.05) is 0 Å². The van der Waals surface area contributed by atoms with Crippen LogP contribution in [0.1, 0.15) is 50.4 Å². The average Bonchev–Trinajstić information content (AvgIpc) is 2.77. The average molecular weight is 221 g/mol. The summed E-state index contributed by atoms with van der Waals surface area (Å²) in [5.74, 6) is 0.819. The lowest BCUT2D eigenvalue weighted by atomic mass is 10.0. The van der Waals surface area contributed by atoms with E-state index >= 15 is 0 Å². The van der Waals surface area contributed by atoms with Crippen LogP contribution in [0, 0.1) is 12.8 Å². The van der Waals surface area contributed by atoms with Gasteiger partial charge in [0.1, 0.15) is 0 Å². The molecule has 3 atom stereocenters. The zero-order chi connectivity index (χ0) is 11.7. The van der Waals surface area contributed by atoms with Crippen molar-refractivity contribution < 1.29 is 0 Å². The van der Waals surface area contributed by atoms with Crippen molar-refractivity contribution in [3.05, 3.63) is 17.5 Å². The molecule has 0 amide bonds. The Morgan fingerprint density at radius 1 is 1.50 bits per heavy atom. The Hall–Kier alpha value is -0.830. The fraction of sp³-hybridized carbons (Fsp3) is 0.769. The van der Waals surface area contributed by atoms with Crippen LogP contribution in [0.15, 0.2) is 6.20 Å². The summed E-state index contributed by atoms with van der Waals surface area (Å²) in [6.07, 6.45) is 6.06. The minimum Gasteiger partial charge on any atom is -0.307 e. The van der Waals surface area contributed by atoms with Gasteiger partial charge in [-0.25, -0.2) is 0 Å². The first-order chi connectivity index (χ1) is 7.59. The summed E-state index contributed by atoms with van der Waals surface area (Å²) in [6, 6.07) is 1.11. The second-order valence-corrected chi connectivity index (χ2v) is 5.21. The lowest BCUT2D eigenvalue weighted by molar-refractivity contribution is 0.387. The van der Waals surface area contributed by atoms with E-state index in [1.54, 1.807) is 0 Å². The summed E-state index contributed by atoms with van der Waals surface area (Å²) in [7, 11) is 2.00. The van der Waals surface area contributed by atoms with E-state index in [-0.39, 0.29) is 0 Å². The number of rotatable bonds is 3. The van der Waals surface area contributed by atoms with Crippen molar-refractivity contribution in [3.8, 4) is 0 Å². The van der Waals surface area contributed by atoms with E-state index in [0.717, 1.165) is 5.92 Å². The first kappa shape index (κ1) is 11.6. The van der Waals surface area contributed by atoms with E-state index < -0.39 is 0 Å². The van der Waals surface area contributed by atoms with Crippen LogP contribution in [-0.2, 0) is 7.05 Å². The standard InChI is InChI=1S/C13H23N3/c1-9-6-5-7-13(9)15-10(2)12-8-14-16(4)11(12)3/h8-10,13,15H,5-7H2,1-4H3. The lowest BCUT2D eigenvalue weighted by Crippen LogP contribution is -2.33. The monoisotopic (exact) mass is 221 g/mol. The van der Waals surface area contributed by atoms with Crippen molar-refractivity contribution in [3.63, 3.8) is 0 Å². The number of nitrogens with one attached hydrogen (secondary N) is 1. The van der Waals surface area contributed by atoms with Crippen LogP contribution in [0.4, 0.5) is 0 Å². The summed E-state index contributed by atoms with van der Waals surface area (Å²) in [5.41, 5.74) is 2.60. The van der Waals surface area contributed by atoms with Crippen LogP contribution in [0.3, 0.4) is 0 Å². The molecular weight excluding hydrogens is 198 g/mol. The molecule has 1 aromatic rings. The topological polar surface area (TPSA) is 29.9 Å². The fourth-order valence-corrected chi connectivity index (χ4v) is 2.74. The summed E-state index contributed by atoms with van der Waals surface area (Å²) in [4.78, 5) is 0. The highest BCUT2D eigenvalue weighted by Gasteiger charge is 2.25. The molecule has 1 heterocycles. The Bertz CT molecular complexity index is 356. The van der Waals surface area contributed by atoms with Crippen LogP contribution in [0.2, 0.25) is 0 Å². The SMILES string of the molecule is Cc1c(C(C)NC2CCCC2C)cnn1C. The first-order valence-corrected chi connectivity index (χ1v) is 6.34. The molecule has 0 bridgehead atoms. The van der Waals surface area contributed by atoms with Crippen LogP contribution in [0.5, 0.6) is 0 Å². The zero-order valence-corrected chi connectivity index (χ0v) is 10.8. The largest absolute Gasteiger partial charge is 0.307 e. The third kappa shape index (κ3) is 2.14. The zero-order valence-electron chi connectivity index (χ0n) is 10.8. The highest BCUT2D eigenvalue weighted by molar-refractivity contribution is 5.20. The third-order valence-electron chi connectivity index (χ3n) is 4.07. The number of aromatic nitrogens is 2. The Morgan fingerprint density at radius 3 is 2.75 bits per heavy atom. The Labute approximate surface area is 98.2 Å². The van der Waals surface area contributed by atoms with Crippen LogP contribution >= 0.6 is 0 Å². The number of nitrogens with zero attached hydrogens (tertiary/aromatic N) is 2. The molecule has 1 saturated carbocycles. The van der Waals surface area contributed by atoms with E-state index in [2.05, 4.69) is 31.2 Å². The highest BCUT2D eigenvalue weighted by atomic mass is 15.3. The van der Waals surface area contributed by atoms with Crippen molar-refractivity contribution in [1.29, 1.82) is 0 Å². The van der Waals surface area contributed by atoms with E-state index in [0.29, 0.717) is 12.1 Å². The fourth-order valence-electron chi connectivity index (χ4n) is 2.74. The molecule has 1 N–H and O–H groups in total. The summed E-state index contributed by atoms with van der Waals surface area (Å²) >= 11 is 0. The second-order valence-electron chi connectivity index (χ2n) is 5.21. The van der Waals surface area contributed by atoms with Gasteiger partial charge in [-0.3, -0.25) is 4.68 Å². The molecule has 3 heteroatoms. The van der Waals surface area contributed by atoms with Gasteiger partial charge in [-0.2, -0.15) is 5.10 Å². The van der Waals surface area contributed by atoms with Gasteiger partial charge in [-0.1, -0.05) is 13.3 Å². The molecular formula is C13H23N3. The maximum atomic E-state index is 4.31. The normalized spacial score (nSPS) is 27.2. The number of aryl methyl sites for hydroxylation is 1. The molecule has 1 aliphatic rings. The van der Waals surface area contributed by atoms with Crippen LogP contribution in [0.25, 0.3) is 0 Å². The first-order valence-electron chi connectivity index (χ1n) is 6.34. The maximum absolute atomic E-state index is 4.31. The Kier molecular flexibility index (Phi) is 3.33. The van der Waals surface area contributed by atoms with Gasteiger partial charge >= 0.3 is 0 Å². The van der Waals surface area contributed by atoms with Gasteiger partial charge in [-0.05, 0) is 32.6 Å². The molecule has 0 radical (unpaired) electrons. The van der Waals surface area contributed by atoms with Gasteiger partial charge in [0.15, 0.2) is 0 Å². The molecule has 3 unspecified atom stereocenters. The van der Waals surface area contributed by atoms with Gasteiger partial charge in [0.05, 0.1) is 6.20 Å². The predicted octanol–water partition coefficient (Wildman–Crippen LogP) is 2.57. The minimum atomic E-state index is 0.416. The van der Waals surface area contributed by atoms with E-state index in [1.165, 1.54) is 30.5 Å². The smallest absolute Gasteiger partial charge is 0.0540 e. The predicted molar refractivity (Wildman–Crippen MR) is 66.3 cm³/mol. The summed E-state index contributed by atoms with van der Waals surface area (Å²) < 4.78 is 1.95. The van der Waals surface area contributed by atoms with Gasteiger partial charge in [0.2, 0.25) is 0 Å². The van der Waals surface area contributed by atoms with Crippen molar-refractivity contribution >= 4 is 0 Å². The molecule has 0 aliphatic heterocycles. The maximum Gasteiger partial charge on any atom is 0.0540 e. The molecule has 1 aliphatic carbocycles. The molecule has 3 nitrogen and oxygen atoms in total. The van der Waals surface area contributed by atoms with Crippen molar-refractivity contribution in [2.45, 2.75) is 52.1 Å². The second kappa shape index (κ2) is 4.58. The van der Waals surface area contributed by atoms with E-state index in [9.17, 15) is 0 Å². The van der Waals surface area contributed by atoms with Gasteiger partial charge in [-0.15, -0.1) is 0 Å². The van der Waals surface area contributed by atoms with Crippen LogP contribution in [-0.4, -0.2) is 15.8 Å². The highest BCUT2D eigenvalue weighted by Crippen LogP contribution is 2.27. The molecule has 90 valence electrons. The van der Waals surface area contributed by atoms with Crippen LogP contribution < -0.4 is 5.32 Å². The molecule has 0 spiro atoms. The molecule has 1 fully saturated rings. The van der Waals surface area contributed by atoms with E-state index in [4.69, 9.17) is 0 Å². The molecule has 2 rings (SSSR count). The number of hydrogen-bond donors (Lipinski definition) is 1. The van der Waals surface area contributed by atoms with Gasteiger partial charge < -0.3 is 5.32 Å². The Morgan fingerprint density at radius 2 is 2.25 bits per heavy atom. The quantitative estimate of drug-likeness (QED) is 0.850. The summed E-state index contributed by atoms with van der Waals surface area (Å²) in [6.45, 7) is 6.74. The Balaban J connectivity index is 2.02. The third-order valence-corrected chi connectivity index (χ3v) is 4.07. The van der Waals surface area contributed by atoms with Gasteiger partial charge in [0.25, 0.3) is 0 Å². The van der Waals surface area contributed by atoms with Gasteiger partial charge in [0, 0.05) is 30.4 Å². The summed E-state index contributed by atoms with van der Waals surface area (Å²) in [5, 5.41) is 8.05. The van der Waals surface area contributed by atoms with E-state index in [1.807, 2.05) is 17.9 Å². The minimum absolute atomic E-state index is 0.416. The van der Waals surface area contributed by atoms with Crippen molar-refractivity contribution in [2.24, 2.45) is 13.0 Å². The number of hydrogen-bond acceptors (Lipinski definition) is 2. The lowest BCUT2D eigenvalue weighted by Gasteiger charge is -2.22.